The molecule has 1 aliphatic rings. The van der Waals surface area contributed by atoms with E-state index in [1.165, 1.54) is 11.1 Å². The number of methoxy groups -OCH3 is 1. The molecule has 0 aliphatic carbocycles. The molecule has 0 saturated heterocycles. The lowest BCUT2D eigenvalue weighted by atomic mass is 10.0. The monoisotopic (exact) mass is 409 g/mol. The molecule has 1 aromatic carbocycles. The summed E-state index contributed by atoms with van der Waals surface area (Å²) >= 11 is 0. The highest BCUT2D eigenvalue weighted by Gasteiger charge is 2.23. The van der Waals surface area contributed by atoms with Crippen molar-refractivity contribution < 1.29 is 9.53 Å². The first-order chi connectivity index (χ1) is 14.2. The van der Waals surface area contributed by atoms with E-state index in [0.29, 0.717) is 13.0 Å². The Balaban J connectivity index is 2.02. The van der Waals surface area contributed by atoms with E-state index in [0.717, 1.165) is 35.9 Å². The maximum atomic E-state index is 13.6. The predicted molar refractivity (Wildman–Crippen MR) is 124 cm³/mol. The van der Waals surface area contributed by atoms with Gasteiger partial charge in [-0.2, -0.15) is 0 Å². The van der Waals surface area contributed by atoms with Crippen molar-refractivity contribution in [2.75, 3.05) is 34.4 Å². The number of fused-ring (bicyclic) bond motifs is 1. The average Bonchev–Trinajstić information content (AvgIpc) is 3.07. The topological polar surface area (TPSA) is 37.7 Å². The van der Waals surface area contributed by atoms with Gasteiger partial charge in [0.1, 0.15) is 0 Å². The lowest BCUT2D eigenvalue weighted by molar-refractivity contribution is 0.0953. The maximum Gasteiger partial charge on any atom is 0.260 e. The van der Waals surface area contributed by atoms with Gasteiger partial charge in [0.25, 0.3) is 5.91 Å². The average molecular weight is 410 g/mol. The molecule has 5 heteroatoms. The van der Waals surface area contributed by atoms with Crippen molar-refractivity contribution in [3.63, 3.8) is 0 Å². The van der Waals surface area contributed by atoms with E-state index < -0.39 is 0 Å². The molecule has 1 aliphatic heterocycles. The Labute approximate surface area is 180 Å². The molecule has 0 atom stereocenters. The van der Waals surface area contributed by atoms with Crippen LogP contribution in [0.5, 0.6) is 0 Å². The fourth-order valence-corrected chi connectivity index (χ4v) is 3.70. The first kappa shape index (κ1) is 22.3. The van der Waals surface area contributed by atoms with Gasteiger partial charge in [-0.1, -0.05) is 18.2 Å². The van der Waals surface area contributed by atoms with Gasteiger partial charge in [-0.05, 0) is 71.3 Å². The summed E-state index contributed by atoms with van der Waals surface area (Å²) in [5, 5.41) is 1.16. The number of carbonyl (C=O) groups excluding carboxylic acids is 1. The molecule has 2 heterocycles. The molecule has 3 rings (SSSR count). The molecule has 0 amide bonds. The standard InChI is InChI=1S/C25H35N3O2/c1-25(2,3)27-13-7-8-21(17-27)24(29)28-18-20(11-14-26(4)5)22-10-9-19(12-15-30-6)16-23(22)28/h7,9-10,13,16-18H,8,11-12,14-15H2,1-6H3. The maximum absolute atomic E-state index is 13.6. The number of aromatic nitrogens is 1. The van der Waals surface area contributed by atoms with Crippen LogP contribution in [0.1, 0.15) is 43.1 Å². The zero-order valence-corrected chi connectivity index (χ0v) is 19.2. The molecule has 1 aromatic heterocycles. The molecule has 0 unspecified atom stereocenters. The number of allylic oxidation sites excluding steroid dienone is 2. The zero-order chi connectivity index (χ0) is 21.9. The first-order valence-corrected chi connectivity index (χ1v) is 10.7. The highest BCUT2D eigenvalue weighted by atomic mass is 16.5. The normalized spacial score (nSPS) is 14.6. The molecule has 162 valence electrons. The van der Waals surface area contributed by atoms with Crippen molar-refractivity contribution in [3.8, 4) is 0 Å². The van der Waals surface area contributed by atoms with E-state index in [4.69, 9.17) is 4.74 Å². The smallest absolute Gasteiger partial charge is 0.260 e. The lowest BCUT2D eigenvalue weighted by Crippen LogP contribution is -2.35. The summed E-state index contributed by atoms with van der Waals surface area (Å²) in [6.07, 6.45) is 10.6. The largest absolute Gasteiger partial charge is 0.384 e. The van der Waals surface area contributed by atoms with Crippen LogP contribution >= 0.6 is 0 Å². The highest BCUT2D eigenvalue weighted by molar-refractivity contribution is 6.03. The predicted octanol–water partition coefficient (Wildman–Crippen LogP) is 4.48. The van der Waals surface area contributed by atoms with Gasteiger partial charge in [-0.15, -0.1) is 0 Å². The van der Waals surface area contributed by atoms with Crippen molar-refractivity contribution in [1.82, 2.24) is 14.4 Å². The Morgan fingerprint density at radius 1 is 1.20 bits per heavy atom. The van der Waals surface area contributed by atoms with Crippen LogP contribution in [-0.4, -0.2) is 60.2 Å². The highest BCUT2D eigenvalue weighted by Crippen LogP contribution is 2.27. The van der Waals surface area contributed by atoms with Gasteiger partial charge in [0.15, 0.2) is 0 Å². The Kier molecular flexibility index (Phi) is 6.84. The van der Waals surface area contributed by atoms with E-state index in [1.807, 2.05) is 17.0 Å². The van der Waals surface area contributed by atoms with Crippen molar-refractivity contribution in [2.45, 2.75) is 45.6 Å². The van der Waals surface area contributed by atoms with Gasteiger partial charge in [-0.3, -0.25) is 9.36 Å². The van der Waals surface area contributed by atoms with Crippen molar-refractivity contribution in [3.05, 3.63) is 59.6 Å². The summed E-state index contributed by atoms with van der Waals surface area (Å²) in [5.41, 5.74) is 4.13. The molecule has 0 spiro atoms. The van der Waals surface area contributed by atoms with Gasteiger partial charge in [0, 0.05) is 48.7 Å². The van der Waals surface area contributed by atoms with Crippen LogP contribution in [0, 0.1) is 0 Å². The molecule has 2 aromatic rings. The summed E-state index contributed by atoms with van der Waals surface area (Å²) in [4.78, 5) is 17.9. The minimum atomic E-state index is -0.0641. The molecule has 5 nitrogen and oxygen atoms in total. The van der Waals surface area contributed by atoms with Gasteiger partial charge < -0.3 is 14.5 Å². The summed E-state index contributed by atoms with van der Waals surface area (Å²) in [6, 6.07) is 6.46. The zero-order valence-electron chi connectivity index (χ0n) is 19.2. The Bertz CT molecular complexity index is 961. The molecule has 0 fully saturated rings. The van der Waals surface area contributed by atoms with Gasteiger partial charge in [0.05, 0.1) is 12.1 Å². The quantitative estimate of drug-likeness (QED) is 0.676. The first-order valence-electron chi connectivity index (χ1n) is 10.7. The molecular formula is C25H35N3O2. The molecule has 0 saturated carbocycles. The number of hydrogen-bond donors (Lipinski definition) is 0. The van der Waals surface area contributed by atoms with Crippen LogP contribution in [0.3, 0.4) is 0 Å². The van der Waals surface area contributed by atoms with Crippen LogP contribution in [0.15, 0.2) is 48.4 Å². The van der Waals surface area contributed by atoms with Crippen LogP contribution in [0.2, 0.25) is 0 Å². The number of ether oxygens (including phenoxy) is 1. The number of hydrogen-bond acceptors (Lipinski definition) is 4. The molecule has 0 bridgehead atoms. The third-order valence-corrected chi connectivity index (χ3v) is 5.54. The summed E-state index contributed by atoms with van der Waals surface area (Å²) in [7, 11) is 5.87. The molecule has 0 radical (unpaired) electrons. The van der Waals surface area contributed by atoms with Crippen LogP contribution in [-0.2, 0) is 17.6 Å². The van der Waals surface area contributed by atoms with Gasteiger partial charge in [-0.25, -0.2) is 0 Å². The van der Waals surface area contributed by atoms with E-state index in [9.17, 15) is 4.79 Å². The minimum absolute atomic E-state index is 0.0543. The SMILES string of the molecule is COCCc1ccc2c(CCN(C)C)cn(C(=O)C3=CN(C(C)(C)C)C=CC3)c2c1. The third kappa shape index (κ3) is 5.02. The van der Waals surface area contributed by atoms with E-state index in [-0.39, 0.29) is 11.4 Å². The number of nitrogens with zero attached hydrogens (tertiary/aromatic N) is 3. The van der Waals surface area contributed by atoms with Crippen molar-refractivity contribution >= 4 is 16.8 Å². The second kappa shape index (κ2) is 9.19. The summed E-state index contributed by atoms with van der Waals surface area (Å²) < 4.78 is 7.09. The van der Waals surface area contributed by atoms with Crippen molar-refractivity contribution in [2.24, 2.45) is 0 Å². The number of carbonyl (C=O) groups is 1. The summed E-state index contributed by atoms with van der Waals surface area (Å²) in [6.45, 7) is 8.06. The van der Waals surface area contributed by atoms with Crippen molar-refractivity contribution in [1.29, 1.82) is 0 Å². The summed E-state index contributed by atoms with van der Waals surface area (Å²) in [5.74, 6) is 0.0543. The Morgan fingerprint density at radius 3 is 2.63 bits per heavy atom. The molecule has 0 N–H and O–H groups in total. The third-order valence-electron chi connectivity index (χ3n) is 5.54. The second-order valence-corrected chi connectivity index (χ2v) is 9.30. The molecular weight excluding hydrogens is 374 g/mol. The van der Waals surface area contributed by atoms with Crippen LogP contribution in [0.4, 0.5) is 0 Å². The van der Waals surface area contributed by atoms with Crippen LogP contribution in [0.25, 0.3) is 10.9 Å². The van der Waals surface area contributed by atoms with Gasteiger partial charge in [0.2, 0.25) is 0 Å². The number of likely N-dealkylation sites (N-methyl/N-ethyl adjacent to an activating group) is 1. The minimum Gasteiger partial charge on any atom is -0.384 e. The number of benzene rings is 1. The van der Waals surface area contributed by atoms with Crippen LogP contribution < -0.4 is 0 Å². The van der Waals surface area contributed by atoms with E-state index in [2.05, 4.69) is 75.1 Å². The Morgan fingerprint density at radius 2 is 1.97 bits per heavy atom. The fraction of sp³-hybridized carbons (Fsp3) is 0.480. The number of rotatable bonds is 7. The fourth-order valence-electron chi connectivity index (χ4n) is 3.70. The van der Waals surface area contributed by atoms with Gasteiger partial charge >= 0.3 is 0 Å². The second-order valence-electron chi connectivity index (χ2n) is 9.30. The van der Waals surface area contributed by atoms with E-state index >= 15 is 0 Å². The lowest BCUT2D eigenvalue weighted by Gasteiger charge is -2.34. The Hall–Kier alpha value is -2.37. The molecule has 30 heavy (non-hydrogen) atoms. The van der Waals surface area contributed by atoms with E-state index in [1.54, 1.807) is 7.11 Å².